The van der Waals surface area contributed by atoms with E-state index in [0.29, 0.717) is 13.1 Å². The second kappa shape index (κ2) is 9.28. The summed E-state index contributed by atoms with van der Waals surface area (Å²) >= 11 is 1.26. The van der Waals surface area contributed by atoms with E-state index in [9.17, 15) is 13.6 Å². The number of thioether (sulfide) groups is 1. The van der Waals surface area contributed by atoms with Crippen molar-refractivity contribution < 1.29 is 18.3 Å². The number of methoxy groups -OCH3 is 1. The molecule has 7 heteroatoms. The normalized spacial score (nSPS) is 15.4. The molecule has 1 unspecified atom stereocenters. The Kier molecular flexibility index (Phi) is 6.78. The lowest BCUT2D eigenvalue weighted by molar-refractivity contribution is -0.128. The van der Waals surface area contributed by atoms with Crippen molar-refractivity contribution >= 4 is 23.4 Å². The van der Waals surface area contributed by atoms with Gasteiger partial charge in [-0.15, -0.1) is 11.8 Å². The fourth-order valence-electron chi connectivity index (χ4n) is 3.28. The van der Waals surface area contributed by atoms with Gasteiger partial charge in [-0.1, -0.05) is 6.07 Å². The van der Waals surface area contributed by atoms with Crippen molar-refractivity contribution in [3.05, 3.63) is 59.7 Å². The molecule has 1 aliphatic rings. The Morgan fingerprint density at radius 2 is 1.68 bits per heavy atom. The van der Waals surface area contributed by atoms with Crippen molar-refractivity contribution in [3.8, 4) is 5.75 Å². The average molecular weight is 406 g/mol. The van der Waals surface area contributed by atoms with Gasteiger partial charge in [0.1, 0.15) is 17.4 Å². The summed E-state index contributed by atoms with van der Waals surface area (Å²) in [7, 11) is 1.64. The van der Waals surface area contributed by atoms with Crippen molar-refractivity contribution in [2.75, 3.05) is 43.9 Å². The Bertz CT molecular complexity index is 788. The topological polar surface area (TPSA) is 32.8 Å². The zero-order chi connectivity index (χ0) is 20.1. The van der Waals surface area contributed by atoms with Crippen LogP contribution in [-0.4, -0.2) is 49.8 Å². The van der Waals surface area contributed by atoms with Crippen LogP contribution in [0, 0.1) is 11.6 Å². The molecule has 0 saturated carbocycles. The van der Waals surface area contributed by atoms with Gasteiger partial charge >= 0.3 is 0 Å². The van der Waals surface area contributed by atoms with E-state index >= 15 is 0 Å². The molecule has 0 N–H and O–H groups in total. The second-order valence-corrected chi connectivity index (χ2v) is 7.98. The number of halogens is 2. The van der Waals surface area contributed by atoms with Crippen molar-refractivity contribution in [3.63, 3.8) is 0 Å². The van der Waals surface area contributed by atoms with Crippen LogP contribution in [0.25, 0.3) is 0 Å². The number of piperazine rings is 1. The lowest BCUT2D eigenvalue weighted by Crippen LogP contribution is -2.49. The molecule has 1 heterocycles. The number of hydrogen-bond acceptors (Lipinski definition) is 4. The largest absolute Gasteiger partial charge is 0.497 e. The minimum atomic E-state index is -0.569. The fraction of sp³-hybridized carbons (Fsp3) is 0.381. The Morgan fingerprint density at radius 1 is 1.07 bits per heavy atom. The van der Waals surface area contributed by atoms with Gasteiger partial charge in [0.05, 0.1) is 12.9 Å². The van der Waals surface area contributed by atoms with Gasteiger partial charge in [0.2, 0.25) is 5.91 Å². The van der Waals surface area contributed by atoms with Gasteiger partial charge in [-0.25, -0.2) is 8.78 Å². The van der Waals surface area contributed by atoms with Crippen LogP contribution in [0.4, 0.5) is 14.5 Å². The third-order valence-corrected chi connectivity index (χ3v) is 6.08. The molecule has 3 rings (SSSR count). The summed E-state index contributed by atoms with van der Waals surface area (Å²) in [4.78, 5) is 16.6. The smallest absolute Gasteiger partial charge is 0.232 e. The first-order valence-electron chi connectivity index (χ1n) is 9.22. The van der Waals surface area contributed by atoms with Crippen LogP contribution in [0.5, 0.6) is 5.75 Å². The fourth-order valence-corrected chi connectivity index (χ4v) is 4.24. The highest BCUT2D eigenvalue weighted by molar-refractivity contribution is 8.00. The number of rotatable bonds is 6. The molecule has 1 fully saturated rings. The average Bonchev–Trinajstić information content (AvgIpc) is 2.72. The molecule has 1 amide bonds. The highest BCUT2D eigenvalue weighted by atomic mass is 32.2. The molecule has 1 aliphatic heterocycles. The summed E-state index contributed by atoms with van der Waals surface area (Å²) in [5.74, 6) is -0.114. The molecule has 4 nitrogen and oxygen atoms in total. The first kappa shape index (κ1) is 20.5. The molecular formula is C21H24F2N2O2S. The Labute approximate surface area is 168 Å². The standard InChI is InChI=1S/C21H24F2N2O2S/c1-15(21-18(22)4-3-5-19(21)23)28-14-20(26)25-12-10-24(11-13-25)16-6-8-17(27-2)9-7-16/h3-9,15H,10-14H2,1-2H3. The Balaban J connectivity index is 1.49. The van der Waals surface area contributed by atoms with E-state index in [2.05, 4.69) is 4.90 Å². The minimum Gasteiger partial charge on any atom is -0.497 e. The first-order chi connectivity index (χ1) is 13.5. The van der Waals surface area contributed by atoms with Gasteiger partial charge in [-0.3, -0.25) is 4.79 Å². The molecule has 0 bridgehead atoms. The number of amides is 1. The van der Waals surface area contributed by atoms with Gasteiger partial charge in [-0.2, -0.15) is 0 Å². The monoisotopic (exact) mass is 406 g/mol. The zero-order valence-electron chi connectivity index (χ0n) is 16.0. The summed E-state index contributed by atoms with van der Waals surface area (Å²) in [6.45, 7) is 4.49. The van der Waals surface area contributed by atoms with E-state index in [-0.39, 0.29) is 17.2 Å². The predicted octanol–water partition coefficient (Wildman–Crippen LogP) is 4.12. The number of hydrogen-bond donors (Lipinski definition) is 0. The number of carbonyl (C=O) groups excluding carboxylic acids is 1. The highest BCUT2D eigenvalue weighted by Gasteiger charge is 2.23. The van der Waals surface area contributed by atoms with Crippen LogP contribution >= 0.6 is 11.8 Å². The van der Waals surface area contributed by atoms with Crippen LogP contribution in [0.3, 0.4) is 0 Å². The Hall–Kier alpha value is -2.28. The van der Waals surface area contributed by atoms with Crippen LogP contribution in [0.1, 0.15) is 17.7 Å². The quantitative estimate of drug-likeness (QED) is 0.723. The second-order valence-electron chi connectivity index (χ2n) is 6.65. The van der Waals surface area contributed by atoms with E-state index in [1.165, 1.54) is 30.0 Å². The van der Waals surface area contributed by atoms with Crippen molar-refractivity contribution in [2.45, 2.75) is 12.2 Å². The lowest BCUT2D eigenvalue weighted by atomic mass is 10.1. The first-order valence-corrected chi connectivity index (χ1v) is 10.3. The lowest BCUT2D eigenvalue weighted by Gasteiger charge is -2.36. The van der Waals surface area contributed by atoms with Gasteiger partial charge in [0.15, 0.2) is 0 Å². The maximum absolute atomic E-state index is 13.9. The molecule has 0 spiro atoms. The summed E-state index contributed by atoms with van der Waals surface area (Å²) < 4.78 is 32.9. The van der Waals surface area contributed by atoms with Crippen molar-refractivity contribution in [2.24, 2.45) is 0 Å². The number of anilines is 1. The number of nitrogens with zero attached hydrogens (tertiary/aromatic N) is 2. The van der Waals surface area contributed by atoms with Crippen LogP contribution in [0.15, 0.2) is 42.5 Å². The number of benzene rings is 2. The van der Waals surface area contributed by atoms with E-state index < -0.39 is 16.9 Å². The van der Waals surface area contributed by atoms with E-state index in [1.54, 1.807) is 14.0 Å². The molecule has 28 heavy (non-hydrogen) atoms. The molecule has 150 valence electrons. The van der Waals surface area contributed by atoms with Crippen LogP contribution < -0.4 is 9.64 Å². The summed E-state index contributed by atoms with van der Waals surface area (Å²) in [6.07, 6.45) is 0. The molecule has 2 aromatic rings. The van der Waals surface area contributed by atoms with E-state index in [0.717, 1.165) is 24.5 Å². The maximum Gasteiger partial charge on any atom is 0.232 e. The molecule has 0 radical (unpaired) electrons. The maximum atomic E-state index is 13.9. The Morgan fingerprint density at radius 3 is 2.25 bits per heavy atom. The van der Waals surface area contributed by atoms with Crippen LogP contribution in [0.2, 0.25) is 0 Å². The predicted molar refractivity (Wildman–Crippen MR) is 109 cm³/mol. The summed E-state index contributed by atoms with van der Waals surface area (Å²) in [5, 5.41) is -0.425. The molecule has 0 aromatic heterocycles. The number of carbonyl (C=O) groups is 1. The third-order valence-electron chi connectivity index (χ3n) is 4.93. The van der Waals surface area contributed by atoms with Gasteiger partial charge in [0, 0.05) is 42.7 Å². The highest BCUT2D eigenvalue weighted by Crippen LogP contribution is 2.32. The minimum absolute atomic E-state index is 0.00276. The molecular weight excluding hydrogens is 382 g/mol. The van der Waals surface area contributed by atoms with Crippen molar-refractivity contribution in [1.82, 2.24) is 4.90 Å². The molecule has 1 atom stereocenters. The summed E-state index contributed by atoms with van der Waals surface area (Å²) in [6, 6.07) is 11.7. The van der Waals surface area contributed by atoms with Gasteiger partial charge in [0.25, 0.3) is 0 Å². The SMILES string of the molecule is COc1ccc(N2CCN(C(=O)CSC(C)c3c(F)cccc3F)CC2)cc1. The van der Waals surface area contributed by atoms with Crippen molar-refractivity contribution in [1.29, 1.82) is 0 Å². The number of ether oxygens (including phenoxy) is 1. The molecule has 0 aliphatic carbocycles. The third kappa shape index (κ3) is 4.76. The molecule has 2 aromatic carbocycles. The summed E-state index contributed by atoms with van der Waals surface area (Å²) in [5.41, 5.74) is 1.13. The van der Waals surface area contributed by atoms with Crippen LogP contribution in [-0.2, 0) is 4.79 Å². The van der Waals surface area contributed by atoms with E-state index in [4.69, 9.17) is 4.74 Å². The molecule has 1 saturated heterocycles. The zero-order valence-corrected chi connectivity index (χ0v) is 16.8. The van der Waals surface area contributed by atoms with E-state index in [1.807, 2.05) is 29.2 Å². The van der Waals surface area contributed by atoms with Gasteiger partial charge in [-0.05, 0) is 43.3 Å². The van der Waals surface area contributed by atoms with Gasteiger partial charge < -0.3 is 14.5 Å².